The van der Waals surface area contributed by atoms with Crippen LogP contribution in [0.25, 0.3) is 0 Å². The summed E-state index contributed by atoms with van der Waals surface area (Å²) < 4.78 is 0.325. The molecule has 0 aliphatic heterocycles. The number of aromatic hydroxyl groups is 1. The van der Waals surface area contributed by atoms with Crippen molar-refractivity contribution < 1.29 is 5.11 Å². The number of hydrogen-bond acceptors (Lipinski definition) is 5. The zero-order chi connectivity index (χ0) is 12.3. The number of nitrogens with one attached hydrogen (secondary N) is 1. The number of aromatic nitrogens is 2. The molecule has 0 aliphatic carbocycles. The summed E-state index contributed by atoms with van der Waals surface area (Å²) in [6.45, 7) is 0. The average molecular weight is 246 g/mol. The van der Waals surface area contributed by atoms with Gasteiger partial charge in [0.2, 0.25) is 0 Å². The fourth-order valence-electron chi connectivity index (χ4n) is 1.21. The molecule has 4 N–H and O–H groups in total. The summed E-state index contributed by atoms with van der Waals surface area (Å²) in [5, 5.41) is 9.13. The van der Waals surface area contributed by atoms with Gasteiger partial charge in [0.1, 0.15) is 17.3 Å². The lowest BCUT2D eigenvalue weighted by molar-refractivity contribution is 0.475. The topological polar surface area (TPSA) is 87.3 Å². The van der Waals surface area contributed by atoms with E-state index in [2.05, 4.69) is 15.0 Å². The Kier molecular flexibility index (Phi) is 3.15. The van der Waals surface area contributed by atoms with Crippen LogP contribution in [0, 0.1) is 4.77 Å². The number of H-pyrrole nitrogens is 1. The molecule has 1 heterocycles. The standard InChI is InChI=1S/C11H10N4OS/c12-10-9(6-14-11(17)15-10)13-5-7-1-3-8(16)4-2-7/h1-6,16H,(H3,12,14,15,17). The predicted molar refractivity (Wildman–Crippen MR) is 69.2 cm³/mol. The molecule has 0 spiro atoms. The molecule has 0 saturated carbocycles. The summed E-state index contributed by atoms with van der Waals surface area (Å²) >= 11 is 4.82. The third kappa shape index (κ3) is 2.88. The summed E-state index contributed by atoms with van der Waals surface area (Å²) in [7, 11) is 0. The largest absolute Gasteiger partial charge is 0.508 e. The fourth-order valence-corrected chi connectivity index (χ4v) is 1.37. The first-order valence-corrected chi connectivity index (χ1v) is 5.24. The Bertz CT molecular complexity index is 604. The van der Waals surface area contributed by atoms with Crippen molar-refractivity contribution in [2.45, 2.75) is 0 Å². The summed E-state index contributed by atoms with van der Waals surface area (Å²) in [4.78, 5) is 10.8. The molecule has 0 bridgehead atoms. The maximum Gasteiger partial charge on any atom is 0.198 e. The van der Waals surface area contributed by atoms with Crippen LogP contribution in [0.3, 0.4) is 0 Å². The van der Waals surface area contributed by atoms with Gasteiger partial charge in [-0.05, 0) is 42.0 Å². The van der Waals surface area contributed by atoms with Gasteiger partial charge in [0.15, 0.2) is 4.77 Å². The molecule has 1 aromatic carbocycles. The van der Waals surface area contributed by atoms with E-state index in [1.165, 1.54) is 6.20 Å². The Morgan fingerprint density at radius 3 is 2.71 bits per heavy atom. The SMILES string of the molecule is Nc1[nH]c(=S)ncc1N=Cc1ccc(O)cc1. The maximum atomic E-state index is 9.13. The Morgan fingerprint density at radius 2 is 2.06 bits per heavy atom. The molecule has 0 amide bonds. The third-order valence-corrected chi connectivity index (χ3v) is 2.27. The van der Waals surface area contributed by atoms with Gasteiger partial charge in [-0.25, -0.2) is 4.98 Å². The van der Waals surface area contributed by atoms with Crippen LogP contribution in [0.15, 0.2) is 35.5 Å². The minimum atomic E-state index is 0.215. The number of nitrogens with two attached hydrogens (primary N) is 1. The smallest absolute Gasteiger partial charge is 0.198 e. The summed E-state index contributed by atoms with van der Waals surface area (Å²) in [6, 6.07) is 6.66. The van der Waals surface area contributed by atoms with E-state index in [0.29, 0.717) is 16.3 Å². The minimum absolute atomic E-state index is 0.215. The van der Waals surface area contributed by atoms with Gasteiger partial charge < -0.3 is 15.8 Å². The van der Waals surface area contributed by atoms with Gasteiger partial charge >= 0.3 is 0 Å². The van der Waals surface area contributed by atoms with Crippen molar-refractivity contribution in [1.29, 1.82) is 0 Å². The first kappa shape index (κ1) is 11.3. The van der Waals surface area contributed by atoms with Crippen molar-refractivity contribution in [3.05, 3.63) is 40.8 Å². The molecule has 6 heteroatoms. The molecule has 0 fully saturated rings. The minimum Gasteiger partial charge on any atom is -0.508 e. The number of nitrogens with zero attached hydrogens (tertiary/aromatic N) is 2. The number of rotatable bonds is 2. The number of phenolic OH excluding ortho intramolecular Hbond substituents is 1. The zero-order valence-electron chi connectivity index (χ0n) is 8.79. The first-order chi connectivity index (χ1) is 8.15. The number of nitrogen functional groups attached to an aromatic ring is 1. The molecule has 2 rings (SSSR count). The van der Waals surface area contributed by atoms with Gasteiger partial charge in [-0.15, -0.1) is 0 Å². The molecule has 86 valence electrons. The summed E-state index contributed by atoms with van der Waals surface area (Å²) in [6.07, 6.45) is 3.13. The zero-order valence-corrected chi connectivity index (χ0v) is 9.61. The van der Waals surface area contributed by atoms with Crippen molar-refractivity contribution >= 4 is 29.9 Å². The van der Waals surface area contributed by atoms with Crippen molar-refractivity contribution in [1.82, 2.24) is 9.97 Å². The van der Waals surface area contributed by atoms with Crippen LogP contribution >= 0.6 is 12.2 Å². The molecule has 0 aliphatic rings. The number of hydrogen-bond donors (Lipinski definition) is 3. The van der Waals surface area contributed by atoms with Crippen LogP contribution in [0.5, 0.6) is 5.75 Å². The van der Waals surface area contributed by atoms with Gasteiger partial charge in [-0.1, -0.05) is 0 Å². The van der Waals surface area contributed by atoms with Gasteiger partial charge in [-0.3, -0.25) is 4.99 Å². The van der Waals surface area contributed by atoms with Gasteiger partial charge in [0, 0.05) is 6.21 Å². The lowest BCUT2D eigenvalue weighted by Crippen LogP contribution is -1.92. The van der Waals surface area contributed by atoms with E-state index < -0.39 is 0 Å². The molecule has 0 radical (unpaired) electrons. The number of phenols is 1. The van der Waals surface area contributed by atoms with Crippen molar-refractivity contribution in [2.24, 2.45) is 4.99 Å². The summed E-state index contributed by atoms with van der Waals surface area (Å²) in [5.74, 6) is 0.590. The molecule has 2 aromatic rings. The highest BCUT2D eigenvalue weighted by Crippen LogP contribution is 2.17. The van der Waals surface area contributed by atoms with Gasteiger partial charge in [0.05, 0.1) is 6.20 Å². The Hall–Kier alpha value is -2.21. The first-order valence-electron chi connectivity index (χ1n) is 4.83. The van der Waals surface area contributed by atoms with E-state index in [-0.39, 0.29) is 5.75 Å². The van der Waals surface area contributed by atoms with Crippen LogP contribution < -0.4 is 5.73 Å². The van der Waals surface area contributed by atoms with Gasteiger partial charge in [0.25, 0.3) is 0 Å². The van der Waals surface area contributed by atoms with E-state index in [0.717, 1.165) is 5.56 Å². The Morgan fingerprint density at radius 1 is 1.35 bits per heavy atom. The average Bonchev–Trinajstić information content (AvgIpc) is 2.30. The van der Waals surface area contributed by atoms with Crippen LogP contribution in [0.2, 0.25) is 0 Å². The van der Waals surface area contributed by atoms with Crippen molar-refractivity contribution in [2.75, 3.05) is 5.73 Å². The highest BCUT2D eigenvalue weighted by atomic mass is 32.1. The van der Waals surface area contributed by atoms with Gasteiger partial charge in [-0.2, -0.15) is 0 Å². The van der Waals surface area contributed by atoms with E-state index in [1.807, 2.05) is 0 Å². The molecule has 5 nitrogen and oxygen atoms in total. The summed E-state index contributed by atoms with van der Waals surface area (Å²) in [5.41, 5.74) is 7.07. The normalized spacial score (nSPS) is 10.8. The van der Waals surface area contributed by atoms with E-state index in [9.17, 15) is 0 Å². The number of benzene rings is 1. The molecule has 0 unspecified atom stereocenters. The maximum absolute atomic E-state index is 9.13. The predicted octanol–water partition coefficient (Wildman–Crippen LogP) is 2.18. The van der Waals surface area contributed by atoms with Crippen LogP contribution in [-0.4, -0.2) is 21.3 Å². The van der Waals surface area contributed by atoms with Crippen LogP contribution in [0.1, 0.15) is 5.56 Å². The third-order valence-electron chi connectivity index (χ3n) is 2.07. The molecule has 17 heavy (non-hydrogen) atoms. The van der Waals surface area contributed by atoms with Crippen molar-refractivity contribution in [3.8, 4) is 5.75 Å². The second-order valence-corrected chi connectivity index (χ2v) is 3.72. The molecular weight excluding hydrogens is 236 g/mol. The van der Waals surface area contributed by atoms with E-state index in [4.69, 9.17) is 23.1 Å². The number of aliphatic imine (C=N–C) groups is 1. The molecular formula is C11H10N4OS. The monoisotopic (exact) mass is 246 g/mol. The second-order valence-electron chi connectivity index (χ2n) is 3.34. The highest BCUT2D eigenvalue weighted by Gasteiger charge is 1.96. The number of anilines is 1. The second kappa shape index (κ2) is 4.75. The molecule has 0 saturated heterocycles. The van der Waals surface area contributed by atoms with Crippen molar-refractivity contribution in [3.63, 3.8) is 0 Å². The lowest BCUT2D eigenvalue weighted by Gasteiger charge is -1.98. The fraction of sp³-hybridized carbons (Fsp3) is 0. The highest BCUT2D eigenvalue weighted by molar-refractivity contribution is 7.71. The van der Waals surface area contributed by atoms with Crippen LogP contribution in [-0.2, 0) is 0 Å². The number of aromatic amines is 1. The molecule has 1 aromatic heterocycles. The molecule has 0 atom stereocenters. The Balaban J connectivity index is 2.26. The van der Waals surface area contributed by atoms with Crippen LogP contribution in [0.4, 0.5) is 11.5 Å². The van der Waals surface area contributed by atoms with E-state index in [1.54, 1.807) is 30.5 Å². The lowest BCUT2D eigenvalue weighted by atomic mass is 10.2. The Labute approximate surface area is 103 Å². The quantitative estimate of drug-likeness (QED) is 0.560. The van der Waals surface area contributed by atoms with E-state index >= 15 is 0 Å².